The van der Waals surface area contributed by atoms with Crippen LogP contribution in [0.4, 0.5) is 0 Å². The molecule has 0 aliphatic heterocycles. The molecule has 0 fully saturated rings. The topological polar surface area (TPSA) is 35.2 Å². The van der Waals surface area contributed by atoms with Crippen LogP contribution < -0.4 is 5.73 Å². The first-order chi connectivity index (χ1) is 7.45. The first-order valence-electron chi connectivity index (χ1n) is 5.79. The maximum absolute atomic E-state index is 5.82. The van der Waals surface area contributed by atoms with E-state index in [-0.39, 0.29) is 11.5 Å². The van der Waals surface area contributed by atoms with Gasteiger partial charge in [0.25, 0.3) is 0 Å². The molecule has 0 aliphatic carbocycles. The molecule has 0 saturated carbocycles. The summed E-state index contributed by atoms with van der Waals surface area (Å²) >= 11 is 0. The van der Waals surface area contributed by atoms with E-state index in [9.17, 15) is 0 Å². The lowest BCUT2D eigenvalue weighted by molar-refractivity contribution is 0.146. The Hall–Kier alpha value is -0.860. The van der Waals surface area contributed by atoms with E-state index in [1.165, 1.54) is 11.1 Å². The van der Waals surface area contributed by atoms with Crippen molar-refractivity contribution >= 4 is 0 Å². The smallest absolute Gasteiger partial charge is 0.0553 e. The molecule has 0 aliphatic rings. The molecule has 0 aromatic heterocycles. The molecule has 0 bridgehead atoms. The quantitative estimate of drug-likeness (QED) is 0.829. The zero-order chi connectivity index (χ0) is 12.2. The molecule has 1 aromatic rings. The molecule has 2 nitrogen and oxygen atoms in total. The Morgan fingerprint density at radius 2 is 2.06 bits per heavy atom. The van der Waals surface area contributed by atoms with Gasteiger partial charge >= 0.3 is 0 Å². The molecule has 0 amide bonds. The molecular formula is C14H23NO. The average molecular weight is 221 g/mol. The molecule has 2 N–H and O–H groups in total. The van der Waals surface area contributed by atoms with E-state index in [1.54, 1.807) is 7.11 Å². The average Bonchev–Trinajstić information content (AvgIpc) is 2.17. The van der Waals surface area contributed by atoms with Gasteiger partial charge in [0.05, 0.1) is 6.61 Å². The van der Waals surface area contributed by atoms with Crippen LogP contribution in [0.2, 0.25) is 0 Å². The van der Waals surface area contributed by atoms with Gasteiger partial charge in [-0.3, -0.25) is 0 Å². The van der Waals surface area contributed by atoms with Crippen molar-refractivity contribution in [2.75, 3.05) is 13.7 Å². The predicted molar refractivity (Wildman–Crippen MR) is 68.7 cm³/mol. The highest BCUT2D eigenvalue weighted by atomic mass is 16.5. The van der Waals surface area contributed by atoms with Crippen molar-refractivity contribution in [3.8, 4) is 0 Å². The number of nitrogens with two attached hydrogens (primary N) is 1. The third-order valence-corrected chi connectivity index (χ3v) is 2.77. The van der Waals surface area contributed by atoms with Crippen molar-refractivity contribution in [2.24, 2.45) is 5.73 Å². The lowest BCUT2D eigenvalue weighted by atomic mass is 9.84. The summed E-state index contributed by atoms with van der Waals surface area (Å²) in [4.78, 5) is 0. The monoisotopic (exact) mass is 221 g/mol. The van der Waals surface area contributed by atoms with Crippen LogP contribution in [0.15, 0.2) is 24.3 Å². The highest BCUT2D eigenvalue weighted by molar-refractivity contribution is 5.29. The van der Waals surface area contributed by atoms with Gasteiger partial charge in [0.2, 0.25) is 0 Å². The lowest BCUT2D eigenvalue weighted by Crippen LogP contribution is -2.24. The molecule has 1 unspecified atom stereocenters. The van der Waals surface area contributed by atoms with E-state index in [4.69, 9.17) is 10.5 Å². The second kappa shape index (κ2) is 5.46. The Kier molecular flexibility index (Phi) is 4.51. The summed E-state index contributed by atoms with van der Waals surface area (Å²) in [5, 5.41) is 0. The van der Waals surface area contributed by atoms with Crippen molar-refractivity contribution in [2.45, 2.75) is 38.6 Å². The van der Waals surface area contributed by atoms with Crippen LogP contribution in [0.5, 0.6) is 0 Å². The van der Waals surface area contributed by atoms with Crippen LogP contribution in [-0.4, -0.2) is 19.8 Å². The Morgan fingerprint density at radius 3 is 2.62 bits per heavy atom. The molecule has 0 radical (unpaired) electrons. The van der Waals surface area contributed by atoms with Gasteiger partial charge in [0.15, 0.2) is 0 Å². The second-order valence-corrected chi connectivity index (χ2v) is 5.20. The molecule has 1 atom stereocenters. The summed E-state index contributed by atoms with van der Waals surface area (Å²) in [5.41, 5.74) is 8.49. The van der Waals surface area contributed by atoms with Gasteiger partial charge in [0, 0.05) is 18.6 Å². The van der Waals surface area contributed by atoms with E-state index in [0.717, 1.165) is 13.0 Å². The van der Waals surface area contributed by atoms with E-state index in [0.29, 0.717) is 0 Å². The summed E-state index contributed by atoms with van der Waals surface area (Å²) in [6.07, 6.45) is 0.927. The summed E-state index contributed by atoms with van der Waals surface area (Å²) in [5.74, 6) is 0. The number of hydrogen-bond acceptors (Lipinski definition) is 2. The summed E-state index contributed by atoms with van der Waals surface area (Å²) < 4.78 is 5.26. The standard InChI is InChI=1S/C14H23NO/c1-11(15)8-12-6-5-7-13(9-12)14(2,3)10-16-4/h5-7,9,11H,8,10,15H2,1-4H3. The number of rotatable bonds is 5. The first-order valence-corrected chi connectivity index (χ1v) is 5.79. The van der Waals surface area contributed by atoms with Gasteiger partial charge in [-0.15, -0.1) is 0 Å². The fraction of sp³-hybridized carbons (Fsp3) is 0.571. The molecule has 0 spiro atoms. The van der Waals surface area contributed by atoms with Crippen LogP contribution in [0.3, 0.4) is 0 Å². The summed E-state index contributed by atoms with van der Waals surface area (Å²) in [6.45, 7) is 7.16. The van der Waals surface area contributed by atoms with Gasteiger partial charge in [-0.25, -0.2) is 0 Å². The number of hydrogen-bond donors (Lipinski definition) is 1. The number of methoxy groups -OCH3 is 1. The SMILES string of the molecule is COCC(C)(C)c1cccc(CC(C)N)c1. The zero-order valence-electron chi connectivity index (χ0n) is 10.8. The minimum Gasteiger partial charge on any atom is -0.384 e. The highest BCUT2D eigenvalue weighted by Gasteiger charge is 2.20. The minimum atomic E-state index is 0.0581. The molecule has 0 saturated heterocycles. The second-order valence-electron chi connectivity index (χ2n) is 5.20. The van der Waals surface area contributed by atoms with E-state index >= 15 is 0 Å². The van der Waals surface area contributed by atoms with Crippen molar-refractivity contribution in [1.82, 2.24) is 0 Å². The van der Waals surface area contributed by atoms with Crippen molar-refractivity contribution in [3.63, 3.8) is 0 Å². The first kappa shape index (κ1) is 13.2. The molecule has 1 aromatic carbocycles. The van der Waals surface area contributed by atoms with E-state index in [2.05, 4.69) is 38.1 Å². The normalized spacial score (nSPS) is 13.8. The van der Waals surface area contributed by atoms with Gasteiger partial charge in [-0.1, -0.05) is 38.1 Å². The van der Waals surface area contributed by atoms with Crippen molar-refractivity contribution in [1.29, 1.82) is 0 Å². The summed E-state index contributed by atoms with van der Waals surface area (Å²) in [6, 6.07) is 8.84. The van der Waals surface area contributed by atoms with Crippen LogP contribution in [0.1, 0.15) is 31.9 Å². The fourth-order valence-corrected chi connectivity index (χ4v) is 1.94. The Bertz CT molecular complexity index is 331. The largest absolute Gasteiger partial charge is 0.384 e. The minimum absolute atomic E-state index is 0.0581. The van der Waals surface area contributed by atoms with Crippen molar-refractivity contribution < 1.29 is 4.74 Å². The predicted octanol–water partition coefficient (Wildman–Crippen LogP) is 2.50. The Balaban J connectivity index is 2.89. The summed E-state index contributed by atoms with van der Waals surface area (Å²) in [7, 11) is 1.74. The maximum Gasteiger partial charge on any atom is 0.0553 e. The van der Waals surface area contributed by atoms with Crippen LogP contribution in [-0.2, 0) is 16.6 Å². The van der Waals surface area contributed by atoms with E-state index < -0.39 is 0 Å². The Labute approximate surface area is 98.8 Å². The fourth-order valence-electron chi connectivity index (χ4n) is 1.94. The number of ether oxygens (including phenoxy) is 1. The molecule has 2 heteroatoms. The molecule has 16 heavy (non-hydrogen) atoms. The lowest BCUT2D eigenvalue weighted by Gasteiger charge is -2.25. The Morgan fingerprint density at radius 1 is 1.38 bits per heavy atom. The third-order valence-electron chi connectivity index (χ3n) is 2.77. The van der Waals surface area contributed by atoms with Crippen molar-refractivity contribution in [3.05, 3.63) is 35.4 Å². The number of benzene rings is 1. The molecule has 90 valence electrons. The van der Waals surface area contributed by atoms with Gasteiger partial charge in [0.1, 0.15) is 0 Å². The zero-order valence-corrected chi connectivity index (χ0v) is 10.8. The molecular weight excluding hydrogens is 198 g/mol. The van der Waals surface area contributed by atoms with Crippen LogP contribution in [0.25, 0.3) is 0 Å². The third kappa shape index (κ3) is 3.62. The molecule has 1 rings (SSSR count). The van der Waals surface area contributed by atoms with Gasteiger partial charge in [-0.05, 0) is 24.5 Å². The highest BCUT2D eigenvalue weighted by Crippen LogP contribution is 2.24. The van der Waals surface area contributed by atoms with Crippen LogP contribution in [0, 0.1) is 0 Å². The van der Waals surface area contributed by atoms with Crippen LogP contribution >= 0.6 is 0 Å². The van der Waals surface area contributed by atoms with Gasteiger partial charge in [-0.2, -0.15) is 0 Å². The molecule has 0 heterocycles. The maximum atomic E-state index is 5.82. The van der Waals surface area contributed by atoms with E-state index in [1.807, 2.05) is 6.92 Å². The van der Waals surface area contributed by atoms with Gasteiger partial charge < -0.3 is 10.5 Å².